The molecule has 1 atom stereocenters. The molecule has 1 unspecified atom stereocenters. The summed E-state index contributed by atoms with van der Waals surface area (Å²) in [5.74, 6) is 0.133. The van der Waals surface area contributed by atoms with Crippen LogP contribution in [0.2, 0.25) is 5.02 Å². The van der Waals surface area contributed by atoms with Crippen molar-refractivity contribution >= 4 is 23.7 Å². The molecule has 0 saturated carbocycles. The van der Waals surface area contributed by atoms with Crippen LogP contribution in [0.1, 0.15) is 51.5 Å². The molecular weight excluding hydrogens is 354 g/mol. The summed E-state index contributed by atoms with van der Waals surface area (Å²) < 4.78 is 10.3. The molecule has 0 aliphatic carbocycles. The van der Waals surface area contributed by atoms with Gasteiger partial charge < -0.3 is 14.4 Å². The first-order chi connectivity index (χ1) is 12.2. The number of amides is 1. The summed E-state index contributed by atoms with van der Waals surface area (Å²) in [6, 6.07) is 7.63. The number of halogens is 1. The van der Waals surface area contributed by atoms with Crippen LogP contribution in [0.25, 0.3) is 0 Å². The van der Waals surface area contributed by atoms with Crippen LogP contribution in [-0.2, 0) is 14.3 Å². The van der Waals surface area contributed by atoms with Gasteiger partial charge in [0.15, 0.2) is 0 Å². The van der Waals surface area contributed by atoms with E-state index in [4.69, 9.17) is 21.1 Å². The molecule has 2 rings (SSSR count). The summed E-state index contributed by atoms with van der Waals surface area (Å²) in [6.07, 6.45) is 1.70. The van der Waals surface area contributed by atoms with Crippen LogP contribution >= 0.6 is 11.6 Å². The zero-order chi connectivity index (χ0) is 19.3. The third kappa shape index (κ3) is 5.90. The minimum atomic E-state index is -0.495. The van der Waals surface area contributed by atoms with Gasteiger partial charge in [-0.2, -0.15) is 0 Å². The van der Waals surface area contributed by atoms with Gasteiger partial charge in [-0.05, 0) is 63.1 Å². The molecule has 0 spiro atoms. The number of esters is 1. The maximum absolute atomic E-state index is 12.2. The average Bonchev–Trinajstić information content (AvgIpc) is 2.59. The Balaban J connectivity index is 2.05. The van der Waals surface area contributed by atoms with E-state index in [-0.39, 0.29) is 18.0 Å². The van der Waals surface area contributed by atoms with E-state index in [1.807, 2.05) is 45.0 Å². The third-order valence-corrected chi connectivity index (χ3v) is 4.92. The molecule has 6 heteroatoms. The molecule has 1 amide bonds. The van der Waals surface area contributed by atoms with Crippen molar-refractivity contribution in [3.63, 3.8) is 0 Å². The fourth-order valence-electron chi connectivity index (χ4n) is 3.34. The van der Waals surface area contributed by atoms with Gasteiger partial charge in [0.05, 0.1) is 13.5 Å². The largest absolute Gasteiger partial charge is 0.469 e. The molecular formula is C20H28ClNO4. The summed E-state index contributed by atoms with van der Waals surface area (Å²) in [6.45, 7) is 6.86. The quantitative estimate of drug-likeness (QED) is 0.713. The van der Waals surface area contributed by atoms with Crippen molar-refractivity contribution in [2.45, 2.75) is 51.6 Å². The van der Waals surface area contributed by atoms with Crippen LogP contribution in [0.5, 0.6) is 0 Å². The van der Waals surface area contributed by atoms with Gasteiger partial charge in [-0.15, -0.1) is 0 Å². The zero-order valence-corrected chi connectivity index (χ0v) is 16.7. The van der Waals surface area contributed by atoms with Crippen molar-refractivity contribution in [2.75, 3.05) is 20.2 Å². The summed E-state index contributed by atoms with van der Waals surface area (Å²) >= 11 is 5.99. The lowest BCUT2D eigenvalue weighted by Gasteiger charge is -2.36. The lowest BCUT2D eigenvalue weighted by molar-refractivity contribution is -0.141. The summed E-state index contributed by atoms with van der Waals surface area (Å²) in [4.78, 5) is 25.9. The number of hydrogen-bond donors (Lipinski definition) is 0. The minimum absolute atomic E-state index is 0.0560. The smallest absolute Gasteiger partial charge is 0.410 e. The van der Waals surface area contributed by atoms with Crippen LogP contribution < -0.4 is 0 Å². The zero-order valence-electron chi connectivity index (χ0n) is 16.0. The molecule has 1 aromatic rings. The number of carbonyl (C=O) groups excluding carboxylic acids is 2. The van der Waals surface area contributed by atoms with Gasteiger partial charge in [0, 0.05) is 18.1 Å². The average molecular weight is 382 g/mol. The maximum Gasteiger partial charge on any atom is 0.410 e. The molecule has 0 aromatic heterocycles. The van der Waals surface area contributed by atoms with Crippen molar-refractivity contribution in [2.24, 2.45) is 5.92 Å². The first kappa shape index (κ1) is 20.6. The molecule has 0 N–H and O–H groups in total. The van der Waals surface area contributed by atoms with E-state index in [9.17, 15) is 9.59 Å². The highest BCUT2D eigenvalue weighted by Crippen LogP contribution is 2.36. The van der Waals surface area contributed by atoms with E-state index in [2.05, 4.69) is 0 Å². The molecule has 26 heavy (non-hydrogen) atoms. The van der Waals surface area contributed by atoms with E-state index < -0.39 is 5.60 Å². The van der Waals surface area contributed by atoms with E-state index in [1.54, 1.807) is 4.90 Å². The van der Waals surface area contributed by atoms with Gasteiger partial charge in [0.2, 0.25) is 0 Å². The number of carbonyl (C=O) groups is 2. The predicted molar refractivity (Wildman–Crippen MR) is 101 cm³/mol. The molecule has 1 fully saturated rings. The summed E-state index contributed by atoms with van der Waals surface area (Å²) in [7, 11) is 1.41. The lowest BCUT2D eigenvalue weighted by Crippen LogP contribution is -2.42. The number of benzene rings is 1. The van der Waals surface area contributed by atoms with Crippen LogP contribution in [0.4, 0.5) is 4.79 Å². The van der Waals surface area contributed by atoms with Gasteiger partial charge in [-0.3, -0.25) is 4.79 Å². The number of methoxy groups -OCH3 is 1. The molecule has 1 saturated heterocycles. The maximum atomic E-state index is 12.2. The van der Waals surface area contributed by atoms with Gasteiger partial charge in [-0.25, -0.2) is 4.79 Å². The van der Waals surface area contributed by atoms with Crippen LogP contribution in [-0.4, -0.2) is 42.8 Å². The minimum Gasteiger partial charge on any atom is -0.469 e. The van der Waals surface area contributed by atoms with Crippen molar-refractivity contribution in [3.8, 4) is 0 Å². The SMILES string of the molecule is COC(=O)CC(c1ccc(Cl)cc1)C1CCN(C(=O)OC(C)(C)C)CC1. The van der Waals surface area contributed by atoms with Crippen molar-refractivity contribution in [1.82, 2.24) is 4.90 Å². The Hall–Kier alpha value is -1.75. The monoisotopic (exact) mass is 381 g/mol. The lowest BCUT2D eigenvalue weighted by atomic mass is 9.78. The second-order valence-electron chi connectivity index (χ2n) is 7.74. The molecule has 0 radical (unpaired) electrons. The number of piperidine rings is 1. The Labute approximate surface area is 160 Å². The number of hydrogen-bond acceptors (Lipinski definition) is 4. The molecule has 5 nitrogen and oxygen atoms in total. The number of nitrogens with zero attached hydrogens (tertiary/aromatic N) is 1. The summed E-state index contributed by atoms with van der Waals surface area (Å²) in [5.41, 5.74) is 0.584. The topological polar surface area (TPSA) is 55.8 Å². The van der Waals surface area contributed by atoms with E-state index in [1.165, 1.54) is 7.11 Å². The highest BCUT2D eigenvalue weighted by Gasteiger charge is 2.32. The molecule has 0 bridgehead atoms. The van der Waals surface area contributed by atoms with E-state index in [0.717, 1.165) is 18.4 Å². The Morgan fingerprint density at radius 2 is 1.77 bits per heavy atom. The van der Waals surface area contributed by atoms with E-state index in [0.29, 0.717) is 30.5 Å². The third-order valence-electron chi connectivity index (χ3n) is 4.67. The van der Waals surface area contributed by atoms with Crippen molar-refractivity contribution in [1.29, 1.82) is 0 Å². The highest BCUT2D eigenvalue weighted by atomic mass is 35.5. The molecule has 1 aromatic carbocycles. The first-order valence-corrected chi connectivity index (χ1v) is 9.37. The van der Waals surface area contributed by atoms with Crippen molar-refractivity contribution < 1.29 is 19.1 Å². The van der Waals surface area contributed by atoms with Crippen molar-refractivity contribution in [3.05, 3.63) is 34.9 Å². The van der Waals surface area contributed by atoms with Gasteiger partial charge in [0.25, 0.3) is 0 Å². The standard InChI is InChI=1S/C20H28ClNO4/c1-20(2,3)26-19(24)22-11-9-15(10-12-22)17(13-18(23)25-4)14-5-7-16(21)8-6-14/h5-8,15,17H,9-13H2,1-4H3. The number of likely N-dealkylation sites (tertiary alicyclic amines) is 1. The predicted octanol–water partition coefficient (Wildman–Crippen LogP) is 4.63. The second-order valence-corrected chi connectivity index (χ2v) is 8.18. The van der Waals surface area contributed by atoms with Crippen LogP contribution in [0.3, 0.4) is 0 Å². The Morgan fingerprint density at radius 1 is 1.19 bits per heavy atom. The normalized spacial score (nSPS) is 16.9. The van der Waals surface area contributed by atoms with Gasteiger partial charge in [0.1, 0.15) is 5.60 Å². The fourth-order valence-corrected chi connectivity index (χ4v) is 3.47. The molecule has 1 heterocycles. The van der Waals surface area contributed by atoms with Crippen LogP contribution in [0, 0.1) is 5.92 Å². The number of ether oxygens (including phenoxy) is 2. The van der Waals surface area contributed by atoms with Gasteiger partial charge in [-0.1, -0.05) is 23.7 Å². The van der Waals surface area contributed by atoms with Gasteiger partial charge >= 0.3 is 12.1 Å². The molecule has 1 aliphatic rings. The summed E-state index contributed by atoms with van der Waals surface area (Å²) in [5, 5.41) is 0.672. The fraction of sp³-hybridized carbons (Fsp3) is 0.600. The molecule has 1 aliphatic heterocycles. The van der Waals surface area contributed by atoms with E-state index >= 15 is 0 Å². The Morgan fingerprint density at radius 3 is 2.27 bits per heavy atom. The van der Waals surface area contributed by atoms with Crippen LogP contribution in [0.15, 0.2) is 24.3 Å². The first-order valence-electron chi connectivity index (χ1n) is 9.00. The Kier molecular flexibility index (Phi) is 6.93. The highest BCUT2D eigenvalue weighted by molar-refractivity contribution is 6.30. The number of rotatable bonds is 4. The molecule has 144 valence electrons. The second kappa shape index (κ2) is 8.76. The Bertz CT molecular complexity index is 616.